The molecule has 0 aromatic heterocycles. The largest absolute Gasteiger partial charge is 0.375 e. The van der Waals surface area contributed by atoms with Crippen molar-refractivity contribution < 1.29 is 13.2 Å². The van der Waals surface area contributed by atoms with Crippen LogP contribution >= 0.6 is 0 Å². The zero-order valence-corrected chi connectivity index (χ0v) is 15.6. The van der Waals surface area contributed by atoms with Crippen LogP contribution < -0.4 is 0 Å². The van der Waals surface area contributed by atoms with E-state index in [2.05, 4.69) is 0 Å². The van der Waals surface area contributed by atoms with Crippen LogP contribution in [0.3, 0.4) is 0 Å². The summed E-state index contributed by atoms with van der Waals surface area (Å²) in [5.74, 6) is 0. The van der Waals surface area contributed by atoms with Gasteiger partial charge >= 0.3 is 0 Å². The first-order valence-corrected chi connectivity index (χ1v) is 9.58. The van der Waals surface area contributed by atoms with E-state index in [1.807, 2.05) is 60.7 Å². The fraction of sp³-hybridized carbons (Fsp3) is 0.400. The number of sulfone groups is 1. The van der Waals surface area contributed by atoms with Crippen molar-refractivity contribution in [2.75, 3.05) is 6.61 Å². The number of hydrogen-bond donors (Lipinski definition) is 0. The zero-order chi connectivity index (χ0) is 17.8. The first-order valence-electron chi connectivity index (χ1n) is 8.10. The Hall–Kier alpha value is -1.65. The number of benzene rings is 2. The molecular weight excluding hydrogens is 320 g/mol. The summed E-state index contributed by atoms with van der Waals surface area (Å²) in [5, 5.41) is 0. The van der Waals surface area contributed by atoms with Crippen LogP contribution in [0.2, 0.25) is 0 Å². The summed E-state index contributed by atoms with van der Waals surface area (Å²) >= 11 is 0. The smallest absolute Gasteiger partial charge is 0.167 e. The van der Waals surface area contributed by atoms with Crippen LogP contribution in [0.15, 0.2) is 60.7 Å². The normalized spacial score (nSPS) is 15.0. The van der Waals surface area contributed by atoms with Gasteiger partial charge in [0.15, 0.2) is 9.84 Å². The Bertz CT molecular complexity index is 746. The molecule has 0 aliphatic carbocycles. The third-order valence-corrected chi connectivity index (χ3v) is 7.42. The van der Waals surface area contributed by atoms with Gasteiger partial charge in [-0.15, -0.1) is 0 Å². The predicted molar refractivity (Wildman–Crippen MR) is 98.6 cm³/mol. The van der Waals surface area contributed by atoms with E-state index < -0.39 is 19.3 Å². The highest BCUT2D eigenvalue weighted by atomic mass is 32.2. The minimum absolute atomic E-state index is 0.117. The Labute approximate surface area is 145 Å². The van der Waals surface area contributed by atoms with E-state index in [1.54, 1.807) is 27.7 Å². The minimum atomic E-state index is -3.47. The molecule has 0 aliphatic rings. The van der Waals surface area contributed by atoms with E-state index in [1.165, 1.54) is 0 Å². The molecule has 0 saturated heterocycles. The topological polar surface area (TPSA) is 43.4 Å². The first-order chi connectivity index (χ1) is 11.2. The molecule has 0 aliphatic heterocycles. The molecule has 0 heterocycles. The molecule has 1 atom stereocenters. The molecule has 0 saturated carbocycles. The maximum absolute atomic E-state index is 13.2. The fourth-order valence-electron chi connectivity index (χ4n) is 2.72. The molecule has 2 aromatic carbocycles. The van der Waals surface area contributed by atoms with Gasteiger partial charge in [0, 0.05) is 0 Å². The van der Waals surface area contributed by atoms with Crippen molar-refractivity contribution in [2.45, 2.75) is 43.8 Å². The number of hydrogen-bond acceptors (Lipinski definition) is 3. The van der Waals surface area contributed by atoms with E-state index in [0.717, 1.165) is 11.1 Å². The number of rotatable bonds is 6. The van der Waals surface area contributed by atoms with Gasteiger partial charge in [-0.25, -0.2) is 8.42 Å². The molecule has 0 N–H and O–H groups in total. The van der Waals surface area contributed by atoms with Crippen LogP contribution in [0, 0.1) is 0 Å². The van der Waals surface area contributed by atoms with Crippen LogP contribution in [0.25, 0.3) is 0 Å². The monoisotopic (exact) mass is 346 g/mol. The molecule has 2 aromatic rings. The van der Waals surface area contributed by atoms with Gasteiger partial charge in [-0.3, -0.25) is 0 Å². The van der Waals surface area contributed by atoms with Crippen LogP contribution in [-0.2, 0) is 25.9 Å². The summed E-state index contributed by atoms with van der Waals surface area (Å²) < 4.78 is 30.4. The lowest BCUT2D eigenvalue weighted by Gasteiger charge is -2.36. The summed E-state index contributed by atoms with van der Waals surface area (Å²) in [6.45, 7) is 7.48. The molecule has 0 amide bonds. The van der Waals surface area contributed by atoms with Gasteiger partial charge in [-0.1, -0.05) is 60.7 Å². The van der Waals surface area contributed by atoms with Gasteiger partial charge in [-0.05, 0) is 38.8 Å². The van der Waals surface area contributed by atoms with Gasteiger partial charge in [0.2, 0.25) is 0 Å². The molecule has 0 radical (unpaired) electrons. The fourth-order valence-corrected chi connectivity index (χ4v) is 4.76. The van der Waals surface area contributed by atoms with Crippen molar-refractivity contribution in [3.8, 4) is 0 Å². The van der Waals surface area contributed by atoms with E-state index in [0.29, 0.717) is 6.61 Å². The Morgan fingerprint density at radius 2 is 1.33 bits per heavy atom. The average Bonchev–Trinajstić information content (AvgIpc) is 2.55. The average molecular weight is 346 g/mol. The Morgan fingerprint density at radius 3 is 1.83 bits per heavy atom. The molecule has 24 heavy (non-hydrogen) atoms. The van der Waals surface area contributed by atoms with Gasteiger partial charge < -0.3 is 4.74 Å². The molecule has 0 unspecified atom stereocenters. The van der Waals surface area contributed by atoms with Crippen LogP contribution in [0.1, 0.15) is 38.8 Å². The Kier molecular flexibility index (Phi) is 5.51. The summed E-state index contributed by atoms with van der Waals surface area (Å²) in [6, 6.07) is 19.1. The lowest BCUT2D eigenvalue weighted by atomic mass is 10.0. The molecule has 130 valence electrons. The van der Waals surface area contributed by atoms with Crippen molar-refractivity contribution >= 4 is 9.84 Å². The molecular formula is C20H26O3S. The highest BCUT2D eigenvalue weighted by Crippen LogP contribution is 2.38. The second kappa shape index (κ2) is 7.08. The van der Waals surface area contributed by atoms with Crippen molar-refractivity contribution in [2.24, 2.45) is 0 Å². The second-order valence-corrected chi connectivity index (χ2v) is 10.3. The molecule has 0 bridgehead atoms. The van der Waals surface area contributed by atoms with Crippen LogP contribution in [0.5, 0.6) is 0 Å². The zero-order valence-electron chi connectivity index (χ0n) is 14.8. The SMILES string of the molecule is CC(C)(C)S(=O)(=O)[C@@](C)(COCc1ccccc1)c1ccccc1. The van der Waals surface area contributed by atoms with Crippen molar-refractivity contribution in [1.82, 2.24) is 0 Å². The Balaban J connectivity index is 2.31. The first kappa shape index (κ1) is 18.7. The molecule has 4 heteroatoms. The summed E-state index contributed by atoms with van der Waals surface area (Å²) in [6.07, 6.45) is 0. The standard InChI is InChI=1S/C20H26O3S/c1-19(2,3)24(21,22)20(4,18-13-9-6-10-14-18)16-23-15-17-11-7-5-8-12-17/h5-14H,15-16H2,1-4H3/t20-/m0/s1. The van der Waals surface area contributed by atoms with Gasteiger partial charge in [0.25, 0.3) is 0 Å². The lowest BCUT2D eigenvalue weighted by Crippen LogP contribution is -2.46. The molecule has 0 fully saturated rings. The molecule has 0 spiro atoms. The second-order valence-electron chi connectivity index (χ2n) is 7.19. The van der Waals surface area contributed by atoms with Gasteiger partial charge in [0.05, 0.1) is 18.0 Å². The summed E-state index contributed by atoms with van der Waals surface area (Å²) in [7, 11) is -3.47. The molecule has 3 nitrogen and oxygen atoms in total. The predicted octanol–water partition coefficient (Wildman–Crippen LogP) is 4.33. The van der Waals surface area contributed by atoms with Crippen molar-refractivity contribution in [3.63, 3.8) is 0 Å². The molecule has 2 rings (SSSR count). The lowest BCUT2D eigenvalue weighted by molar-refractivity contribution is 0.0988. The van der Waals surface area contributed by atoms with Gasteiger partial charge in [-0.2, -0.15) is 0 Å². The third kappa shape index (κ3) is 3.70. The van der Waals surface area contributed by atoms with Gasteiger partial charge in [0.1, 0.15) is 4.75 Å². The van der Waals surface area contributed by atoms with E-state index >= 15 is 0 Å². The van der Waals surface area contributed by atoms with Crippen LogP contribution in [0.4, 0.5) is 0 Å². The summed E-state index contributed by atoms with van der Waals surface area (Å²) in [5.41, 5.74) is 1.79. The minimum Gasteiger partial charge on any atom is -0.375 e. The summed E-state index contributed by atoms with van der Waals surface area (Å²) in [4.78, 5) is 0. The van der Waals surface area contributed by atoms with E-state index in [-0.39, 0.29) is 6.61 Å². The maximum Gasteiger partial charge on any atom is 0.167 e. The highest BCUT2D eigenvalue weighted by Gasteiger charge is 2.48. The third-order valence-electron chi connectivity index (χ3n) is 4.27. The highest BCUT2D eigenvalue weighted by molar-refractivity contribution is 7.93. The van der Waals surface area contributed by atoms with Crippen molar-refractivity contribution in [1.29, 1.82) is 0 Å². The van der Waals surface area contributed by atoms with Crippen LogP contribution in [-0.4, -0.2) is 19.8 Å². The van der Waals surface area contributed by atoms with Crippen molar-refractivity contribution in [3.05, 3.63) is 71.8 Å². The maximum atomic E-state index is 13.2. The van der Waals surface area contributed by atoms with E-state index in [4.69, 9.17) is 4.74 Å². The Morgan fingerprint density at radius 1 is 0.833 bits per heavy atom. The number of ether oxygens (including phenoxy) is 1. The van der Waals surface area contributed by atoms with E-state index in [9.17, 15) is 8.42 Å². The quantitative estimate of drug-likeness (QED) is 0.782.